The predicted molar refractivity (Wildman–Crippen MR) is 81.6 cm³/mol. The summed E-state index contributed by atoms with van der Waals surface area (Å²) in [5.74, 6) is -0.810. The number of hydrogen-bond donors (Lipinski definition) is 3. The lowest BCUT2D eigenvalue weighted by atomic mass is 10.0. The first-order valence-corrected chi connectivity index (χ1v) is 7.24. The molecule has 1 rings (SSSR count). The normalized spacial score (nSPS) is 14.4. The highest BCUT2D eigenvalue weighted by molar-refractivity contribution is 6.42. The van der Waals surface area contributed by atoms with Crippen LogP contribution in [0.25, 0.3) is 0 Å². The number of halogens is 3. The molecule has 3 N–H and O–H groups in total. The molecule has 22 heavy (non-hydrogen) atoms. The van der Waals surface area contributed by atoms with Crippen molar-refractivity contribution < 1.29 is 24.1 Å². The summed E-state index contributed by atoms with van der Waals surface area (Å²) in [5.41, 5.74) is -0.633. The summed E-state index contributed by atoms with van der Waals surface area (Å²) in [4.78, 5) is 11.5. The lowest BCUT2D eigenvalue weighted by Gasteiger charge is -2.22. The average molecular weight is 354 g/mol. The standard InChI is InChI=1S/C14H18Cl2FNO4/c1-14(2,3)22-13(21)18-6-10(19)12(20)7-4-8(15)11(16)9(17)5-7/h4-5,10,12,19-20H,6H2,1-3H3,(H,18,21). The molecular formula is C14H18Cl2FNO4. The van der Waals surface area contributed by atoms with Crippen molar-refractivity contribution in [3.63, 3.8) is 0 Å². The van der Waals surface area contributed by atoms with Crippen molar-refractivity contribution in [3.8, 4) is 0 Å². The van der Waals surface area contributed by atoms with E-state index < -0.39 is 29.7 Å². The third-order valence-corrected chi connectivity index (χ3v) is 3.35. The molecule has 1 aromatic rings. The Hall–Kier alpha value is -1.08. The third-order valence-electron chi connectivity index (χ3n) is 2.57. The van der Waals surface area contributed by atoms with E-state index in [1.165, 1.54) is 6.07 Å². The summed E-state index contributed by atoms with van der Waals surface area (Å²) in [6, 6.07) is 2.21. The molecule has 5 nitrogen and oxygen atoms in total. The van der Waals surface area contributed by atoms with Crippen LogP contribution in [0.1, 0.15) is 32.4 Å². The molecule has 0 radical (unpaired) electrons. The zero-order valence-electron chi connectivity index (χ0n) is 12.4. The van der Waals surface area contributed by atoms with Crippen LogP contribution < -0.4 is 5.32 Å². The molecular weight excluding hydrogens is 336 g/mol. The van der Waals surface area contributed by atoms with Crippen LogP contribution in [0.4, 0.5) is 9.18 Å². The Kier molecular flexibility index (Phi) is 6.43. The van der Waals surface area contributed by atoms with Gasteiger partial charge >= 0.3 is 6.09 Å². The largest absolute Gasteiger partial charge is 0.444 e. The quantitative estimate of drug-likeness (QED) is 0.727. The van der Waals surface area contributed by atoms with Crippen molar-refractivity contribution >= 4 is 29.3 Å². The summed E-state index contributed by atoms with van der Waals surface area (Å²) in [6.45, 7) is 4.79. The lowest BCUT2D eigenvalue weighted by molar-refractivity contribution is 0.0128. The molecule has 2 unspecified atom stereocenters. The van der Waals surface area contributed by atoms with Crippen molar-refractivity contribution in [3.05, 3.63) is 33.6 Å². The Labute approximate surface area is 138 Å². The molecule has 0 fully saturated rings. The minimum Gasteiger partial charge on any atom is -0.444 e. The summed E-state index contributed by atoms with van der Waals surface area (Å²) >= 11 is 11.3. The maximum atomic E-state index is 13.5. The molecule has 8 heteroatoms. The van der Waals surface area contributed by atoms with Crippen molar-refractivity contribution in [1.29, 1.82) is 0 Å². The van der Waals surface area contributed by atoms with Gasteiger partial charge < -0.3 is 20.3 Å². The van der Waals surface area contributed by atoms with Crippen molar-refractivity contribution in [2.75, 3.05) is 6.54 Å². The molecule has 2 atom stereocenters. The summed E-state index contributed by atoms with van der Waals surface area (Å²) < 4.78 is 18.5. The zero-order chi connectivity index (χ0) is 17.1. The smallest absolute Gasteiger partial charge is 0.407 e. The first-order chi connectivity index (χ1) is 10.0. The van der Waals surface area contributed by atoms with Gasteiger partial charge in [0.1, 0.15) is 23.6 Å². The van der Waals surface area contributed by atoms with Gasteiger partial charge in [-0.15, -0.1) is 0 Å². The third kappa shape index (κ3) is 5.61. The second-order valence-electron chi connectivity index (χ2n) is 5.69. The second-order valence-corrected chi connectivity index (χ2v) is 6.48. The molecule has 0 aliphatic rings. The minimum absolute atomic E-state index is 0.0467. The molecule has 0 saturated heterocycles. The van der Waals surface area contributed by atoms with Crippen molar-refractivity contribution in [2.24, 2.45) is 0 Å². The van der Waals surface area contributed by atoms with E-state index in [0.29, 0.717) is 0 Å². The van der Waals surface area contributed by atoms with Crippen LogP contribution in [0, 0.1) is 5.82 Å². The second kappa shape index (κ2) is 7.46. The van der Waals surface area contributed by atoms with Crippen LogP contribution in [0.3, 0.4) is 0 Å². The van der Waals surface area contributed by atoms with Gasteiger partial charge in [-0.3, -0.25) is 0 Å². The van der Waals surface area contributed by atoms with Gasteiger partial charge in [-0.05, 0) is 38.5 Å². The average Bonchev–Trinajstić information content (AvgIpc) is 2.38. The molecule has 0 heterocycles. The van der Waals surface area contributed by atoms with E-state index >= 15 is 0 Å². The Bertz CT molecular complexity index is 525. The first kappa shape index (κ1) is 19.0. The van der Waals surface area contributed by atoms with Crippen LogP contribution >= 0.6 is 23.2 Å². The highest BCUT2D eigenvalue weighted by Gasteiger charge is 2.23. The van der Waals surface area contributed by atoms with Gasteiger partial charge in [0.2, 0.25) is 0 Å². The summed E-state index contributed by atoms with van der Waals surface area (Å²) in [7, 11) is 0. The number of amides is 1. The van der Waals surface area contributed by atoms with Crippen molar-refractivity contribution in [1.82, 2.24) is 5.32 Å². The highest BCUT2D eigenvalue weighted by atomic mass is 35.5. The van der Waals surface area contributed by atoms with E-state index in [1.807, 2.05) is 0 Å². The fourth-order valence-electron chi connectivity index (χ4n) is 1.58. The number of carbonyl (C=O) groups excluding carboxylic acids is 1. The van der Waals surface area contributed by atoms with Gasteiger partial charge in [-0.25, -0.2) is 9.18 Å². The molecule has 1 aromatic carbocycles. The first-order valence-electron chi connectivity index (χ1n) is 6.48. The molecule has 0 saturated carbocycles. The van der Waals surface area contributed by atoms with Crippen LogP contribution in [-0.2, 0) is 4.74 Å². The van der Waals surface area contributed by atoms with Gasteiger partial charge in [0.25, 0.3) is 0 Å². The Morgan fingerprint density at radius 1 is 1.36 bits per heavy atom. The Morgan fingerprint density at radius 2 is 1.95 bits per heavy atom. The Morgan fingerprint density at radius 3 is 2.45 bits per heavy atom. The molecule has 0 bridgehead atoms. The number of aliphatic hydroxyl groups is 2. The molecule has 1 amide bonds. The van der Waals surface area contributed by atoms with Crippen LogP contribution in [0.5, 0.6) is 0 Å². The van der Waals surface area contributed by atoms with E-state index in [0.717, 1.165) is 6.07 Å². The minimum atomic E-state index is -1.45. The van der Waals surface area contributed by atoms with Crippen molar-refractivity contribution in [2.45, 2.75) is 38.6 Å². The number of aliphatic hydroxyl groups excluding tert-OH is 2. The van der Waals surface area contributed by atoms with Gasteiger partial charge in [-0.1, -0.05) is 23.2 Å². The topological polar surface area (TPSA) is 78.8 Å². The number of rotatable bonds is 4. The number of alkyl carbamates (subject to hydrolysis) is 1. The van der Waals surface area contributed by atoms with Crippen LogP contribution in [0.15, 0.2) is 12.1 Å². The number of ether oxygens (including phenoxy) is 1. The monoisotopic (exact) mass is 353 g/mol. The van der Waals surface area contributed by atoms with E-state index in [1.54, 1.807) is 20.8 Å². The van der Waals surface area contributed by atoms with Gasteiger partial charge in [0.05, 0.1) is 10.0 Å². The maximum Gasteiger partial charge on any atom is 0.407 e. The zero-order valence-corrected chi connectivity index (χ0v) is 13.9. The van der Waals surface area contributed by atoms with Crippen LogP contribution in [-0.4, -0.2) is 34.6 Å². The number of carbonyl (C=O) groups is 1. The molecule has 0 aliphatic carbocycles. The molecule has 0 aliphatic heterocycles. The van der Waals surface area contributed by atoms with E-state index in [-0.39, 0.29) is 22.2 Å². The maximum absolute atomic E-state index is 13.5. The SMILES string of the molecule is CC(C)(C)OC(=O)NCC(O)C(O)c1cc(F)c(Cl)c(Cl)c1. The Balaban J connectivity index is 2.66. The predicted octanol–water partition coefficient (Wildman–Crippen LogP) is 3.05. The van der Waals surface area contributed by atoms with Gasteiger partial charge in [-0.2, -0.15) is 0 Å². The number of hydrogen-bond acceptors (Lipinski definition) is 4. The number of nitrogens with one attached hydrogen (secondary N) is 1. The molecule has 0 aromatic heterocycles. The lowest BCUT2D eigenvalue weighted by Crippen LogP contribution is -2.38. The fourth-order valence-corrected chi connectivity index (χ4v) is 1.91. The van der Waals surface area contributed by atoms with Gasteiger partial charge in [0, 0.05) is 6.54 Å². The number of benzene rings is 1. The summed E-state index contributed by atoms with van der Waals surface area (Å²) in [5, 5.41) is 21.8. The van der Waals surface area contributed by atoms with E-state index in [2.05, 4.69) is 5.32 Å². The van der Waals surface area contributed by atoms with E-state index in [4.69, 9.17) is 27.9 Å². The fraction of sp³-hybridized carbons (Fsp3) is 0.500. The van der Waals surface area contributed by atoms with Crippen LogP contribution in [0.2, 0.25) is 10.0 Å². The van der Waals surface area contributed by atoms with Gasteiger partial charge in [0.15, 0.2) is 0 Å². The molecule has 0 spiro atoms. The van der Waals surface area contributed by atoms with E-state index in [9.17, 15) is 19.4 Å². The molecule has 124 valence electrons. The summed E-state index contributed by atoms with van der Waals surface area (Å²) in [6.07, 6.45) is -3.55. The highest BCUT2D eigenvalue weighted by Crippen LogP contribution is 2.29.